The Morgan fingerprint density at radius 2 is 2.15 bits per heavy atom. The summed E-state index contributed by atoms with van der Waals surface area (Å²) in [5, 5.41) is 0.667. The van der Waals surface area contributed by atoms with Crippen LogP contribution in [0.4, 0.5) is 4.39 Å². The van der Waals surface area contributed by atoms with E-state index in [4.69, 9.17) is 11.6 Å². The average molecular weight is 200 g/mol. The predicted molar refractivity (Wildman–Crippen MR) is 54.8 cm³/mol. The molecule has 0 aromatic heterocycles. The summed E-state index contributed by atoms with van der Waals surface area (Å²) in [5.74, 6) is 0.749. The molecule has 0 saturated heterocycles. The van der Waals surface area contributed by atoms with Gasteiger partial charge in [-0.3, -0.25) is 4.39 Å². The normalized spacial score (nSPS) is 10.8. The van der Waals surface area contributed by atoms with E-state index in [1.807, 2.05) is 18.2 Å². The van der Waals surface area contributed by atoms with Gasteiger partial charge >= 0.3 is 0 Å². The highest BCUT2D eigenvalue weighted by atomic mass is 35.5. The molecule has 0 fully saturated rings. The van der Waals surface area contributed by atoms with Crippen LogP contribution in [0.2, 0.25) is 5.02 Å². The minimum atomic E-state index is -0.409. The largest absolute Gasteiger partial charge is 0.250 e. The van der Waals surface area contributed by atoms with Gasteiger partial charge in [0.05, 0.1) is 6.67 Å². The van der Waals surface area contributed by atoms with E-state index >= 15 is 0 Å². The molecule has 0 aliphatic carbocycles. The molecule has 0 aliphatic heterocycles. The predicted octanol–water partition coefficient (Wildman–Crippen LogP) is 3.81. The third-order valence-electron chi connectivity index (χ3n) is 2.11. The highest BCUT2D eigenvalue weighted by Crippen LogP contribution is 2.23. The van der Waals surface area contributed by atoms with Crippen molar-refractivity contribution in [2.45, 2.75) is 20.3 Å². The molecule has 0 N–H and O–H groups in total. The van der Waals surface area contributed by atoms with Crippen molar-refractivity contribution in [3.05, 3.63) is 40.3 Å². The monoisotopic (exact) mass is 199 g/mol. The maximum Gasteiger partial charge on any atom is 0.0997 e. The summed E-state index contributed by atoms with van der Waals surface area (Å²) < 4.78 is 12.4. The maximum absolute atomic E-state index is 12.4. The Kier molecular flexibility index (Phi) is 3.73. The number of aryl methyl sites for hydroxylation is 1. The van der Waals surface area contributed by atoms with Gasteiger partial charge in [-0.1, -0.05) is 31.5 Å². The van der Waals surface area contributed by atoms with Crippen LogP contribution in [0.5, 0.6) is 0 Å². The molecular formula is C11H13ClF. The summed E-state index contributed by atoms with van der Waals surface area (Å²) in [7, 11) is 0. The van der Waals surface area contributed by atoms with Gasteiger partial charge in [0.25, 0.3) is 0 Å². The number of halogens is 2. The van der Waals surface area contributed by atoms with Crippen LogP contribution in [0.25, 0.3) is 0 Å². The van der Waals surface area contributed by atoms with Crippen molar-refractivity contribution >= 4 is 11.6 Å². The number of hydrogen-bond donors (Lipinski definition) is 0. The Morgan fingerprint density at radius 3 is 2.69 bits per heavy atom. The van der Waals surface area contributed by atoms with Gasteiger partial charge in [-0.05, 0) is 29.7 Å². The third-order valence-corrected chi connectivity index (χ3v) is 2.35. The molecule has 0 saturated carbocycles. The highest BCUT2D eigenvalue weighted by molar-refractivity contribution is 6.30. The summed E-state index contributed by atoms with van der Waals surface area (Å²) in [6, 6.07) is 5.63. The fourth-order valence-electron chi connectivity index (χ4n) is 1.33. The van der Waals surface area contributed by atoms with E-state index in [1.165, 1.54) is 0 Å². The van der Waals surface area contributed by atoms with Crippen molar-refractivity contribution in [1.82, 2.24) is 0 Å². The van der Waals surface area contributed by atoms with Gasteiger partial charge in [0.1, 0.15) is 0 Å². The Balaban J connectivity index is 3.07. The molecule has 71 valence electrons. The molecule has 0 aliphatic rings. The zero-order valence-electron chi connectivity index (χ0n) is 7.90. The lowest BCUT2D eigenvalue weighted by Gasteiger charge is -2.12. The van der Waals surface area contributed by atoms with Crippen LogP contribution >= 0.6 is 11.6 Å². The van der Waals surface area contributed by atoms with Crippen LogP contribution < -0.4 is 0 Å². The second-order valence-electron chi connectivity index (χ2n) is 3.07. The molecule has 1 radical (unpaired) electrons. The summed E-state index contributed by atoms with van der Waals surface area (Å²) in [5.41, 5.74) is 2.11. The van der Waals surface area contributed by atoms with E-state index in [2.05, 4.69) is 6.92 Å². The Labute approximate surface area is 83.7 Å². The zero-order valence-corrected chi connectivity index (χ0v) is 8.66. The van der Waals surface area contributed by atoms with E-state index < -0.39 is 6.67 Å². The molecule has 0 nitrogen and oxygen atoms in total. The quantitative estimate of drug-likeness (QED) is 0.695. The van der Waals surface area contributed by atoms with Gasteiger partial charge in [-0.2, -0.15) is 0 Å². The molecule has 0 heterocycles. The second kappa shape index (κ2) is 4.61. The summed E-state index contributed by atoms with van der Waals surface area (Å²) in [6.45, 7) is 3.44. The van der Waals surface area contributed by atoms with Crippen molar-refractivity contribution < 1.29 is 4.39 Å². The minimum Gasteiger partial charge on any atom is -0.250 e. The third kappa shape index (κ3) is 2.44. The van der Waals surface area contributed by atoms with Gasteiger partial charge in [0, 0.05) is 10.9 Å². The number of rotatable bonds is 3. The molecule has 0 bridgehead atoms. The van der Waals surface area contributed by atoms with Crippen molar-refractivity contribution in [2.75, 3.05) is 6.67 Å². The van der Waals surface area contributed by atoms with Crippen LogP contribution in [0, 0.1) is 5.92 Å². The van der Waals surface area contributed by atoms with E-state index in [-0.39, 0.29) is 0 Å². The van der Waals surface area contributed by atoms with E-state index in [9.17, 15) is 4.39 Å². The minimum absolute atomic E-state index is 0.409. The van der Waals surface area contributed by atoms with E-state index in [0.717, 1.165) is 23.5 Å². The molecule has 1 aromatic carbocycles. The van der Waals surface area contributed by atoms with Crippen molar-refractivity contribution in [2.24, 2.45) is 0 Å². The van der Waals surface area contributed by atoms with Gasteiger partial charge in [0.15, 0.2) is 0 Å². The van der Waals surface area contributed by atoms with Gasteiger partial charge in [-0.15, -0.1) is 0 Å². The second-order valence-corrected chi connectivity index (χ2v) is 3.51. The summed E-state index contributed by atoms with van der Waals surface area (Å²) >= 11 is 5.84. The van der Waals surface area contributed by atoms with Crippen LogP contribution in [-0.2, 0) is 6.42 Å². The Morgan fingerprint density at radius 1 is 1.46 bits per heavy atom. The highest BCUT2D eigenvalue weighted by Gasteiger charge is 2.10. The van der Waals surface area contributed by atoms with Gasteiger partial charge in [-0.25, -0.2) is 0 Å². The summed E-state index contributed by atoms with van der Waals surface area (Å²) in [4.78, 5) is 0. The zero-order chi connectivity index (χ0) is 9.84. The maximum atomic E-state index is 12.4. The molecular weight excluding hydrogens is 187 g/mol. The number of alkyl halides is 1. The molecule has 2 heteroatoms. The topological polar surface area (TPSA) is 0 Å². The van der Waals surface area contributed by atoms with E-state index in [0.29, 0.717) is 5.02 Å². The van der Waals surface area contributed by atoms with Gasteiger partial charge < -0.3 is 0 Å². The molecule has 1 aromatic rings. The lowest BCUT2D eigenvalue weighted by Crippen LogP contribution is -2.01. The van der Waals surface area contributed by atoms with Crippen LogP contribution in [-0.4, -0.2) is 6.67 Å². The molecule has 0 unspecified atom stereocenters. The lowest BCUT2D eigenvalue weighted by molar-refractivity contribution is 0.515. The van der Waals surface area contributed by atoms with Crippen LogP contribution in [0.15, 0.2) is 18.2 Å². The molecule has 0 amide bonds. The first-order valence-corrected chi connectivity index (χ1v) is 4.74. The van der Waals surface area contributed by atoms with Crippen molar-refractivity contribution in [3.63, 3.8) is 0 Å². The first kappa shape index (κ1) is 10.5. The number of benzene rings is 1. The summed E-state index contributed by atoms with van der Waals surface area (Å²) in [6.07, 6.45) is 0.907. The molecule has 0 spiro atoms. The smallest absolute Gasteiger partial charge is 0.0997 e. The first-order valence-electron chi connectivity index (χ1n) is 4.36. The molecule has 0 atom stereocenters. The molecule has 1 rings (SSSR count). The lowest BCUT2D eigenvalue weighted by atomic mass is 9.95. The number of hydrogen-bond acceptors (Lipinski definition) is 0. The van der Waals surface area contributed by atoms with E-state index in [1.54, 1.807) is 6.92 Å². The fraction of sp³-hybridized carbons (Fsp3) is 0.364. The van der Waals surface area contributed by atoms with Crippen molar-refractivity contribution in [3.8, 4) is 0 Å². The van der Waals surface area contributed by atoms with Gasteiger partial charge in [0.2, 0.25) is 0 Å². The Bertz CT molecular complexity index is 283. The average Bonchev–Trinajstić information content (AvgIpc) is 2.16. The standard InChI is InChI=1S/C11H13ClF/c1-3-9-4-5-10(12)6-11(9)8(2)7-13/h4-6H,3,7H2,1-2H3. The van der Waals surface area contributed by atoms with Crippen LogP contribution in [0.3, 0.4) is 0 Å². The fourth-order valence-corrected chi connectivity index (χ4v) is 1.50. The Hall–Kier alpha value is -0.560. The van der Waals surface area contributed by atoms with Crippen molar-refractivity contribution in [1.29, 1.82) is 0 Å². The SMILES string of the molecule is CCc1ccc(Cl)cc1[C](C)CF. The first-order chi connectivity index (χ1) is 6.19. The molecule has 13 heavy (non-hydrogen) atoms. The van der Waals surface area contributed by atoms with Crippen LogP contribution in [0.1, 0.15) is 25.0 Å².